The Balaban J connectivity index is 1.77. The molecule has 0 bridgehead atoms. The van der Waals surface area contributed by atoms with Gasteiger partial charge in [-0.1, -0.05) is 6.92 Å². The molecule has 2 amide bonds. The molecule has 0 N–H and O–H groups in total. The molecule has 1 aromatic rings. The van der Waals surface area contributed by atoms with Crippen LogP contribution < -0.4 is 0 Å². The molecule has 2 fully saturated rings. The topological polar surface area (TPSA) is 72.0 Å². The molecular weight excluding hydrogens is 322 g/mol. The number of amides is 2. The van der Waals surface area contributed by atoms with E-state index in [9.17, 15) is 9.59 Å². The fraction of sp³-hybridized carbons (Fsp3) is 0.611. The summed E-state index contributed by atoms with van der Waals surface area (Å²) in [6.45, 7) is 6.82. The Morgan fingerprint density at radius 1 is 1.32 bits per heavy atom. The van der Waals surface area contributed by atoms with Gasteiger partial charge in [-0.2, -0.15) is 0 Å². The number of hydrogen-bond donors (Lipinski definition) is 0. The monoisotopic (exact) mass is 347 g/mol. The second-order valence-electron chi connectivity index (χ2n) is 6.55. The van der Waals surface area contributed by atoms with Gasteiger partial charge in [-0.05, 0) is 25.5 Å². The summed E-state index contributed by atoms with van der Waals surface area (Å²) < 4.78 is 11.6. The summed E-state index contributed by atoms with van der Waals surface area (Å²) in [5.74, 6) is -0.0989. The van der Waals surface area contributed by atoms with Crippen LogP contribution in [0.25, 0.3) is 0 Å². The first-order valence-corrected chi connectivity index (χ1v) is 8.80. The molecule has 2 saturated heterocycles. The van der Waals surface area contributed by atoms with E-state index in [1.165, 1.54) is 0 Å². The normalized spacial score (nSPS) is 24.5. The van der Waals surface area contributed by atoms with E-state index >= 15 is 0 Å². The lowest BCUT2D eigenvalue weighted by molar-refractivity contribution is -0.171. The largest absolute Gasteiger partial charge is 0.376 e. The van der Waals surface area contributed by atoms with Gasteiger partial charge in [0.1, 0.15) is 12.2 Å². The first-order valence-electron chi connectivity index (χ1n) is 8.80. The molecule has 1 unspecified atom stereocenters. The van der Waals surface area contributed by atoms with Gasteiger partial charge in [-0.15, -0.1) is 0 Å². The third-order valence-corrected chi connectivity index (χ3v) is 4.79. The molecule has 7 heteroatoms. The van der Waals surface area contributed by atoms with E-state index < -0.39 is 5.60 Å². The number of ether oxygens (including phenoxy) is 2. The van der Waals surface area contributed by atoms with Crippen molar-refractivity contribution in [3.8, 4) is 0 Å². The second-order valence-corrected chi connectivity index (χ2v) is 6.55. The minimum absolute atomic E-state index is 0.0189. The van der Waals surface area contributed by atoms with E-state index in [1.54, 1.807) is 16.0 Å². The van der Waals surface area contributed by atoms with E-state index in [1.807, 2.05) is 26.0 Å². The van der Waals surface area contributed by atoms with Crippen molar-refractivity contribution in [3.05, 3.63) is 29.6 Å². The number of hydrogen-bond acceptors (Lipinski definition) is 5. The summed E-state index contributed by atoms with van der Waals surface area (Å²) in [6.07, 6.45) is 2.47. The van der Waals surface area contributed by atoms with Gasteiger partial charge in [0, 0.05) is 25.0 Å². The van der Waals surface area contributed by atoms with Gasteiger partial charge >= 0.3 is 0 Å². The summed E-state index contributed by atoms with van der Waals surface area (Å²) >= 11 is 0. The van der Waals surface area contributed by atoms with Crippen LogP contribution in [0.15, 0.2) is 18.3 Å². The van der Waals surface area contributed by atoms with Gasteiger partial charge in [-0.25, -0.2) is 0 Å². The number of likely N-dealkylation sites (N-methyl/N-ethyl adjacent to an activating group) is 1. The highest BCUT2D eigenvalue weighted by atomic mass is 16.6. The quantitative estimate of drug-likeness (QED) is 0.806. The lowest BCUT2D eigenvalue weighted by Crippen LogP contribution is -2.61. The van der Waals surface area contributed by atoms with Crippen molar-refractivity contribution in [2.45, 2.75) is 25.9 Å². The maximum atomic E-state index is 12.9. The number of pyridine rings is 1. The maximum absolute atomic E-state index is 12.9. The van der Waals surface area contributed by atoms with Gasteiger partial charge in [0.2, 0.25) is 5.91 Å². The molecule has 0 radical (unpaired) electrons. The summed E-state index contributed by atoms with van der Waals surface area (Å²) in [5.41, 5.74) is 0.862. The first-order chi connectivity index (χ1) is 12.1. The van der Waals surface area contributed by atoms with Gasteiger partial charge in [0.05, 0.1) is 31.9 Å². The smallest absolute Gasteiger partial charge is 0.255 e. The van der Waals surface area contributed by atoms with Crippen molar-refractivity contribution < 1.29 is 19.1 Å². The number of carbonyl (C=O) groups excluding carboxylic acids is 2. The fourth-order valence-corrected chi connectivity index (χ4v) is 3.28. The number of morpholine rings is 1. The summed E-state index contributed by atoms with van der Waals surface area (Å²) in [7, 11) is 0. The highest BCUT2D eigenvalue weighted by molar-refractivity contribution is 5.94. The molecule has 136 valence electrons. The first kappa shape index (κ1) is 17.8. The Labute approximate surface area is 147 Å². The van der Waals surface area contributed by atoms with Gasteiger partial charge in [-0.3, -0.25) is 14.6 Å². The molecule has 0 saturated carbocycles. The number of aromatic nitrogens is 1. The summed E-state index contributed by atoms with van der Waals surface area (Å²) in [5, 5.41) is 0. The second kappa shape index (κ2) is 7.49. The fourth-order valence-electron chi connectivity index (χ4n) is 3.28. The Kier molecular flexibility index (Phi) is 5.34. The van der Waals surface area contributed by atoms with Crippen LogP contribution in [0.3, 0.4) is 0 Å². The van der Waals surface area contributed by atoms with Gasteiger partial charge in [0.15, 0.2) is 0 Å². The Morgan fingerprint density at radius 3 is 2.84 bits per heavy atom. The van der Waals surface area contributed by atoms with Gasteiger partial charge < -0.3 is 19.3 Å². The van der Waals surface area contributed by atoms with E-state index in [0.29, 0.717) is 45.0 Å². The molecule has 3 heterocycles. The zero-order valence-electron chi connectivity index (χ0n) is 14.9. The van der Waals surface area contributed by atoms with E-state index in [2.05, 4.69) is 4.98 Å². The number of aryl methyl sites for hydroxylation is 1. The minimum Gasteiger partial charge on any atom is -0.376 e. The number of nitrogens with zero attached hydrogens (tertiary/aromatic N) is 3. The lowest BCUT2D eigenvalue weighted by Gasteiger charge is -2.42. The van der Waals surface area contributed by atoms with E-state index in [4.69, 9.17) is 9.47 Å². The predicted octanol–water partition coefficient (Wildman–Crippen LogP) is 0.734. The molecule has 2 aliphatic rings. The van der Waals surface area contributed by atoms with Crippen molar-refractivity contribution >= 4 is 11.8 Å². The Hall–Kier alpha value is -1.99. The number of rotatable bonds is 3. The lowest BCUT2D eigenvalue weighted by atomic mass is 10.0. The average molecular weight is 347 g/mol. The molecule has 7 nitrogen and oxygen atoms in total. The zero-order valence-corrected chi connectivity index (χ0v) is 14.9. The van der Waals surface area contributed by atoms with E-state index in [0.717, 1.165) is 12.1 Å². The number of carbonyl (C=O) groups is 2. The van der Waals surface area contributed by atoms with Crippen LogP contribution in [0.1, 0.15) is 29.9 Å². The van der Waals surface area contributed by atoms with E-state index in [-0.39, 0.29) is 18.4 Å². The van der Waals surface area contributed by atoms with Crippen LogP contribution in [0, 0.1) is 0 Å². The van der Waals surface area contributed by atoms with Crippen molar-refractivity contribution in [1.82, 2.24) is 14.8 Å². The van der Waals surface area contributed by atoms with Crippen molar-refractivity contribution in [2.75, 3.05) is 46.0 Å². The third kappa shape index (κ3) is 3.82. The highest BCUT2D eigenvalue weighted by Crippen LogP contribution is 2.24. The molecular formula is C18H25N3O4. The molecule has 0 aliphatic carbocycles. The maximum Gasteiger partial charge on any atom is 0.255 e. The summed E-state index contributed by atoms with van der Waals surface area (Å²) in [4.78, 5) is 32.6. The third-order valence-electron chi connectivity index (χ3n) is 4.79. The Bertz CT molecular complexity index is 634. The van der Waals surface area contributed by atoms with Crippen LogP contribution in [-0.4, -0.2) is 78.2 Å². The zero-order chi connectivity index (χ0) is 17.9. The van der Waals surface area contributed by atoms with Crippen LogP contribution in [0.5, 0.6) is 0 Å². The average Bonchev–Trinajstić information content (AvgIpc) is 2.86. The SMILES string of the molecule is CCc1ccc(C(=O)N2CCOCC3(CN(CC)C(=O)CO3)C2)cn1. The van der Waals surface area contributed by atoms with Crippen LogP contribution in [0.4, 0.5) is 0 Å². The summed E-state index contributed by atoms with van der Waals surface area (Å²) in [6, 6.07) is 3.70. The molecule has 1 atom stereocenters. The van der Waals surface area contributed by atoms with Crippen molar-refractivity contribution in [3.63, 3.8) is 0 Å². The molecule has 25 heavy (non-hydrogen) atoms. The Morgan fingerprint density at radius 2 is 2.16 bits per heavy atom. The highest BCUT2D eigenvalue weighted by Gasteiger charge is 2.43. The molecule has 2 aliphatic heterocycles. The molecule has 3 rings (SSSR count). The van der Waals surface area contributed by atoms with Crippen LogP contribution in [-0.2, 0) is 20.7 Å². The minimum atomic E-state index is -0.660. The van der Waals surface area contributed by atoms with Crippen molar-refractivity contribution in [1.29, 1.82) is 0 Å². The molecule has 1 aromatic heterocycles. The van der Waals surface area contributed by atoms with Gasteiger partial charge in [0.25, 0.3) is 5.91 Å². The molecule has 0 aromatic carbocycles. The predicted molar refractivity (Wildman–Crippen MR) is 91.3 cm³/mol. The standard InChI is InChI=1S/C18H25N3O4/c1-3-15-6-5-14(9-19-15)17(23)21-7-8-24-13-18(12-21)11-20(4-2)16(22)10-25-18/h5-6,9H,3-4,7-8,10-13H2,1-2H3. The molecule has 1 spiro atoms. The van der Waals surface area contributed by atoms with Crippen LogP contribution in [0.2, 0.25) is 0 Å². The van der Waals surface area contributed by atoms with Crippen LogP contribution >= 0.6 is 0 Å². The van der Waals surface area contributed by atoms with Crippen molar-refractivity contribution in [2.24, 2.45) is 0 Å².